The third-order valence-electron chi connectivity index (χ3n) is 4.32. The van der Waals surface area contributed by atoms with E-state index in [0.29, 0.717) is 22.7 Å². The number of ether oxygens (including phenoxy) is 3. The first-order valence-electron chi connectivity index (χ1n) is 8.95. The molecule has 30 heavy (non-hydrogen) atoms. The van der Waals surface area contributed by atoms with E-state index < -0.39 is 29.4 Å². The molecule has 160 valence electrons. The zero-order valence-corrected chi connectivity index (χ0v) is 17.1. The number of esters is 1. The molecule has 1 atom stereocenters. The van der Waals surface area contributed by atoms with Crippen LogP contribution >= 0.6 is 0 Å². The number of nitro benzene ring substituents is 1. The van der Waals surface area contributed by atoms with Crippen LogP contribution < -0.4 is 20.1 Å². The lowest BCUT2D eigenvalue weighted by Gasteiger charge is -2.18. The Morgan fingerprint density at radius 2 is 1.87 bits per heavy atom. The summed E-state index contributed by atoms with van der Waals surface area (Å²) >= 11 is 0. The van der Waals surface area contributed by atoms with Crippen molar-refractivity contribution in [3.8, 4) is 11.5 Å². The molecule has 1 unspecified atom stereocenters. The van der Waals surface area contributed by atoms with Crippen molar-refractivity contribution in [2.24, 2.45) is 0 Å². The van der Waals surface area contributed by atoms with E-state index in [9.17, 15) is 19.7 Å². The van der Waals surface area contributed by atoms with Crippen LogP contribution in [0.15, 0.2) is 36.4 Å². The topological polar surface area (TPSA) is 129 Å². The van der Waals surface area contributed by atoms with E-state index in [4.69, 9.17) is 14.2 Å². The summed E-state index contributed by atoms with van der Waals surface area (Å²) in [6, 6.07) is 8.49. The van der Waals surface area contributed by atoms with Crippen molar-refractivity contribution < 1.29 is 28.7 Å². The quantitative estimate of drug-likeness (QED) is 0.362. The molecule has 0 aromatic heterocycles. The smallest absolute Gasteiger partial charge is 0.341 e. The van der Waals surface area contributed by atoms with Gasteiger partial charge in [-0.25, -0.2) is 4.79 Å². The van der Waals surface area contributed by atoms with E-state index in [2.05, 4.69) is 10.6 Å². The number of amides is 1. The Bertz CT molecular complexity index is 946. The molecule has 0 aliphatic rings. The number of non-ortho nitro benzene ring substituents is 1. The number of hydrogen-bond donors (Lipinski definition) is 2. The number of carbonyl (C=O) groups is 2. The standard InChI is InChI=1S/C20H23N3O7/c1-12(15-10-14(28-3)6-8-18(15)29-4)22-19(24)11-30-20(25)16-9-13(23(26)27)5-7-17(16)21-2/h5-10,12,21H,11H2,1-4H3,(H,22,24). The van der Waals surface area contributed by atoms with Gasteiger partial charge in [-0.2, -0.15) is 0 Å². The van der Waals surface area contributed by atoms with Crippen LogP contribution in [0.4, 0.5) is 11.4 Å². The number of hydrogen-bond acceptors (Lipinski definition) is 8. The number of nitrogens with one attached hydrogen (secondary N) is 2. The zero-order chi connectivity index (χ0) is 22.3. The highest BCUT2D eigenvalue weighted by Crippen LogP contribution is 2.29. The normalized spacial score (nSPS) is 11.2. The van der Waals surface area contributed by atoms with Gasteiger partial charge in [-0.15, -0.1) is 0 Å². The molecule has 2 N–H and O–H groups in total. The fourth-order valence-electron chi connectivity index (χ4n) is 2.78. The van der Waals surface area contributed by atoms with Crippen molar-refractivity contribution >= 4 is 23.3 Å². The minimum absolute atomic E-state index is 0.0398. The minimum atomic E-state index is -0.857. The summed E-state index contributed by atoms with van der Waals surface area (Å²) in [4.78, 5) is 34.9. The average molecular weight is 417 g/mol. The van der Waals surface area contributed by atoms with Gasteiger partial charge in [0.2, 0.25) is 0 Å². The third-order valence-corrected chi connectivity index (χ3v) is 4.32. The lowest BCUT2D eigenvalue weighted by molar-refractivity contribution is -0.384. The molecule has 0 bridgehead atoms. The second-order valence-electron chi connectivity index (χ2n) is 6.21. The average Bonchev–Trinajstić information content (AvgIpc) is 2.76. The number of nitro groups is 1. The Labute approximate surface area is 173 Å². The van der Waals surface area contributed by atoms with Crippen LogP contribution in [-0.2, 0) is 9.53 Å². The van der Waals surface area contributed by atoms with E-state index in [1.54, 1.807) is 32.2 Å². The van der Waals surface area contributed by atoms with Crippen molar-refractivity contribution in [3.05, 3.63) is 57.6 Å². The predicted molar refractivity (Wildman–Crippen MR) is 109 cm³/mol. The predicted octanol–water partition coefficient (Wildman–Crippen LogP) is 2.69. The van der Waals surface area contributed by atoms with Gasteiger partial charge in [0.25, 0.3) is 11.6 Å². The molecule has 0 spiro atoms. The summed E-state index contributed by atoms with van der Waals surface area (Å²) in [6.45, 7) is 1.19. The SMILES string of the molecule is CNc1ccc([N+](=O)[O-])cc1C(=O)OCC(=O)NC(C)c1cc(OC)ccc1OC. The van der Waals surface area contributed by atoms with Gasteiger partial charge >= 0.3 is 5.97 Å². The highest BCUT2D eigenvalue weighted by molar-refractivity contribution is 5.97. The first-order valence-corrected chi connectivity index (χ1v) is 8.95. The molecule has 0 aliphatic carbocycles. The molecular formula is C20H23N3O7. The highest BCUT2D eigenvalue weighted by Gasteiger charge is 2.20. The first kappa shape index (κ1) is 22.5. The molecule has 0 radical (unpaired) electrons. The number of benzene rings is 2. The summed E-state index contributed by atoms with van der Waals surface area (Å²) in [5.41, 5.74) is 0.735. The minimum Gasteiger partial charge on any atom is -0.497 e. The van der Waals surface area contributed by atoms with Gasteiger partial charge in [-0.05, 0) is 31.2 Å². The summed E-state index contributed by atoms with van der Waals surface area (Å²) in [5, 5.41) is 16.4. The molecular weight excluding hydrogens is 394 g/mol. The molecule has 0 saturated carbocycles. The fraction of sp³-hybridized carbons (Fsp3) is 0.300. The maximum absolute atomic E-state index is 12.3. The van der Waals surface area contributed by atoms with Gasteiger partial charge in [0.15, 0.2) is 6.61 Å². The van der Waals surface area contributed by atoms with Gasteiger partial charge < -0.3 is 24.8 Å². The van der Waals surface area contributed by atoms with Crippen molar-refractivity contribution in [3.63, 3.8) is 0 Å². The van der Waals surface area contributed by atoms with Crippen LogP contribution in [0.3, 0.4) is 0 Å². The molecule has 2 rings (SSSR count). The number of carbonyl (C=O) groups excluding carboxylic acids is 2. The van der Waals surface area contributed by atoms with Crippen LogP contribution in [-0.4, -0.2) is 44.7 Å². The highest BCUT2D eigenvalue weighted by atomic mass is 16.6. The van der Waals surface area contributed by atoms with Gasteiger partial charge in [0, 0.05) is 30.4 Å². The monoisotopic (exact) mass is 417 g/mol. The summed E-state index contributed by atoms with van der Waals surface area (Å²) in [7, 11) is 4.61. The molecule has 0 fully saturated rings. The Morgan fingerprint density at radius 1 is 1.13 bits per heavy atom. The van der Waals surface area contributed by atoms with Crippen molar-refractivity contribution in [2.45, 2.75) is 13.0 Å². The van der Waals surface area contributed by atoms with Crippen LogP contribution in [0.1, 0.15) is 28.9 Å². The van der Waals surface area contributed by atoms with Gasteiger partial charge in [0.1, 0.15) is 11.5 Å². The summed E-state index contributed by atoms with van der Waals surface area (Å²) in [6.07, 6.45) is 0. The van der Waals surface area contributed by atoms with Crippen LogP contribution in [0.5, 0.6) is 11.5 Å². The van der Waals surface area contributed by atoms with E-state index in [0.717, 1.165) is 6.07 Å². The van der Waals surface area contributed by atoms with Crippen molar-refractivity contribution in [2.75, 3.05) is 33.2 Å². The lowest BCUT2D eigenvalue weighted by Crippen LogP contribution is -2.31. The maximum atomic E-state index is 12.3. The molecule has 1 amide bonds. The molecule has 0 heterocycles. The summed E-state index contributed by atoms with van der Waals surface area (Å²) < 4.78 is 15.5. The molecule has 0 saturated heterocycles. The Hall–Kier alpha value is -3.82. The van der Waals surface area contributed by atoms with Crippen molar-refractivity contribution in [1.29, 1.82) is 0 Å². The Morgan fingerprint density at radius 3 is 2.47 bits per heavy atom. The number of anilines is 1. The van der Waals surface area contributed by atoms with Gasteiger partial charge in [-0.1, -0.05) is 0 Å². The van der Waals surface area contributed by atoms with Gasteiger partial charge in [-0.3, -0.25) is 14.9 Å². The van der Waals surface area contributed by atoms with E-state index in [1.807, 2.05) is 0 Å². The number of methoxy groups -OCH3 is 2. The van der Waals surface area contributed by atoms with Gasteiger partial charge in [0.05, 0.1) is 30.7 Å². The van der Waals surface area contributed by atoms with Crippen LogP contribution in [0.25, 0.3) is 0 Å². The van der Waals surface area contributed by atoms with E-state index >= 15 is 0 Å². The molecule has 2 aromatic rings. The second-order valence-corrected chi connectivity index (χ2v) is 6.21. The number of rotatable bonds is 9. The molecule has 10 heteroatoms. The van der Waals surface area contributed by atoms with E-state index in [1.165, 1.54) is 26.4 Å². The van der Waals surface area contributed by atoms with Crippen molar-refractivity contribution in [1.82, 2.24) is 5.32 Å². The molecule has 2 aromatic carbocycles. The second kappa shape index (κ2) is 10.1. The van der Waals surface area contributed by atoms with Crippen LogP contribution in [0, 0.1) is 10.1 Å². The largest absolute Gasteiger partial charge is 0.497 e. The molecule has 10 nitrogen and oxygen atoms in total. The van der Waals surface area contributed by atoms with E-state index in [-0.39, 0.29) is 11.3 Å². The van der Waals surface area contributed by atoms with Crippen LogP contribution in [0.2, 0.25) is 0 Å². The fourth-order valence-corrected chi connectivity index (χ4v) is 2.78. The maximum Gasteiger partial charge on any atom is 0.341 e. The number of nitrogens with zero attached hydrogens (tertiary/aromatic N) is 1. The summed E-state index contributed by atoms with van der Waals surface area (Å²) in [5.74, 6) is -0.235. The third kappa shape index (κ3) is 5.37. The lowest BCUT2D eigenvalue weighted by atomic mass is 10.1. The Balaban J connectivity index is 2.05. The zero-order valence-electron chi connectivity index (χ0n) is 17.1. The Kier molecular flexibility index (Phi) is 7.56. The molecule has 0 aliphatic heterocycles. The first-order chi connectivity index (χ1) is 14.3.